The van der Waals surface area contributed by atoms with E-state index in [9.17, 15) is 4.79 Å². The summed E-state index contributed by atoms with van der Waals surface area (Å²) in [6.45, 7) is 4.06. The van der Waals surface area contributed by atoms with Gasteiger partial charge in [-0.05, 0) is 32.3 Å². The zero-order valence-corrected chi connectivity index (χ0v) is 13.4. The van der Waals surface area contributed by atoms with E-state index in [0.29, 0.717) is 6.04 Å². The number of ketones is 1. The Balaban J connectivity index is 2.00. The summed E-state index contributed by atoms with van der Waals surface area (Å²) in [5, 5.41) is 0. The van der Waals surface area contributed by atoms with Crippen molar-refractivity contribution in [1.29, 1.82) is 0 Å². The van der Waals surface area contributed by atoms with Gasteiger partial charge in [-0.3, -0.25) is 4.79 Å². The van der Waals surface area contributed by atoms with Crippen molar-refractivity contribution < 1.29 is 4.79 Å². The summed E-state index contributed by atoms with van der Waals surface area (Å²) in [6.07, 6.45) is 8.33. The fourth-order valence-electron chi connectivity index (χ4n) is 3.72. The molecule has 0 bridgehead atoms. The molecule has 0 aliphatic heterocycles. The summed E-state index contributed by atoms with van der Waals surface area (Å²) >= 11 is 0. The average molecular weight is 283 g/mol. The first-order valence-electron chi connectivity index (χ1n) is 8.10. The molecule has 0 unspecified atom stereocenters. The maximum absolute atomic E-state index is 12.6. The van der Waals surface area contributed by atoms with Crippen molar-refractivity contribution in [3.05, 3.63) is 41.5 Å². The van der Waals surface area contributed by atoms with Gasteiger partial charge < -0.3 is 4.90 Å². The molecule has 2 aliphatic rings. The van der Waals surface area contributed by atoms with E-state index in [-0.39, 0.29) is 5.78 Å². The molecule has 112 valence electrons. The average Bonchev–Trinajstić information content (AvgIpc) is 2.51. The molecule has 1 saturated carbocycles. The second-order valence-corrected chi connectivity index (χ2v) is 6.97. The van der Waals surface area contributed by atoms with Gasteiger partial charge in [-0.2, -0.15) is 0 Å². The van der Waals surface area contributed by atoms with Crippen LogP contribution in [0.25, 0.3) is 5.70 Å². The van der Waals surface area contributed by atoms with Gasteiger partial charge in [-0.25, -0.2) is 0 Å². The SMILES string of the molecule is CN(C1=CC(=O)C(C)(C)c2ccccc21)C1CCCCC1. The van der Waals surface area contributed by atoms with E-state index < -0.39 is 5.41 Å². The highest BCUT2D eigenvalue weighted by molar-refractivity contribution is 6.07. The van der Waals surface area contributed by atoms with Gasteiger partial charge >= 0.3 is 0 Å². The van der Waals surface area contributed by atoms with Crippen molar-refractivity contribution in [3.8, 4) is 0 Å². The molecule has 2 aliphatic carbocycles. The Labute approximate surface area is 127 Å². The summed E-state index contributed by atoms with van der Waals surface area (Å²) in [5.41, 5.74) is 3.10. The fourth-order valence-corrected chi connectivity index (χ4v) is 3.72. The molecule has 3 rings (SSSR count). The smallest absolute Gasteiger partial charge is 0.167 e. The van der Waals surface area contributed by atoms with Gasteiger partial charge in [-0.15, -0.1) is 0 Å². The molecule has 21 heavy (non-hydrogen) atoms. The lowest BCUT2D eigenvalue weighted by Gasteiger charge is -2.39. The third kappa shape index (κ3) is 2.41. The first kappa shape index (κ1) is 14.4. The Morgan fingerprint density at radius 3 is 2.48 bits per heavy atom. The third-order valence-corrected chi connectivity index (χ3v) is 5.26. The Bertz CT molecular complexity index is 579. The number of allylic oxidation sites excluding steroid dienone is 1. The molecule has 0 heterocycles. The number of nitrogens with zero attached hydrogens (tertiary/aromatic N) is 1. The third-order valence-electron chi connectivity index (χ3n) is 5.26. The van der Waals surface area contributed by atoms with Crippen LogP contribution in [-0.4, -0.2) is 23.8 Å². The van der Waals surface area contributed by atoms with E-state index >= 15 is 0 Å². The summed E-state index contributed by atoms with van der Waals surface area (Å²) in [6, 6.07) is 8.96. The van der Waals surface area contributed by atoms with Crippen molar-refractivity contribution >= 4 is 11.5 Å². The molecule has 2 nitrogen and oxygen atoms in total. The summed E-state index contributed by atoms with van der Waals surface area (Å²) in [7, 11) is 2.16. The van der Waals surface area contributed by atoms with Gasteiger partial charge in [0.2, 0.25) is 0 Å². The second-order valence-electron chi connectivity index (χ2n) is 6.97. The molecule has 0 atom stereocenters. The first-order chi connectivity index (χ1) is 10.0. The zero-order chi connectivity index (χ0) is 15.0. The number of hydrogen-bond acceptors (Lipinski definition) is 2. The van der Waals surface area contributed by atoms with Crippen LogP contribution in [0, 0.1) is 0 Å². The Morgan fingerprint density at radius 1 is 1.10 bits per heavy atom. The molecule has 0 amide bonds. The predicted octanol–water partition coefficient (Wildman–Crippen LogP) is 4.15. The van der Waals surface area contributed by atoms with Crippen LogP contribution in [0.2, 0.25) is 0 Å². The number of carbonyl (C=O) groups is 1. The quantitative estimate of drug-likeness (QED) is 0.812. The molecule has 0 N–H and O–H groups in total. The minimum absolute atomic E-state index is 0.221. The minimum Gasteiger partial charge on any atom is -0.371 e. The molecular formula is C19H25NO. The van der Waals surface area contributed by atoms with Crippen LogP contribution >= 0.6 is 0 Å². The van der Waals surface area contributed by atoms with Crippen LogP contribution in [0.3, 0.4) is 0 Å². The lowest BCUT2D eigenvalue weighted by Crippen LogP contribution is -2.38. The number of hydrogen-bond donors (Lipinski definition) is 0. The molecule has 0 spiro atoms. The van der Waals surface area contributed by atoms with E-state index in [1.165, 1.54) is 37.7 Å². The van der Waals surface area contributed by atoms with Crippen molar-refractivity contribution in [2.24, 2.45) is 0 Å². The summed E-state index contributed by atoms with van der Waals surface area (Å²) < 4.78 is 0. The maximum atomic E-state index is 12.6. The van der Waals surface area contributed by atoms with Gasteiger partial charge in [0, 0.05) is 30.4 Å². The van der Waals surface area contributed by atoms with Crippen molar-refractivity contribution in [3.63, 3.8) is 0 Å². The summed E-state index contributed by atoms with van der Waals surface area (Å²) in [4.78, 5) is 14.9. The highest BCUT2D eigenvalue weighted by Crippen LogP contribution is 2.39. The monoisotopic (exact) mass is 283 g/mol. The number of benzene rings is 1. The van der Waals surface area contributed by atoms with Crippen LogP contribution in [-0.2, 0) is 10.2 Å². The topological polar surface area (TPSA) is 20.3 Å². The van der Waals surface area contributed by atoms with Crippen molar-refractivity contribution in [2.45, 2.75) is 57.4 Å². The molecule has 0 saturated heterocycles. The predicted molar refractivity (Wildman–Crippen MR) is 87.1 cm³/mol. The lowest BCUT2D eigenvalue weighted by atomic mass is 9.73. The van der Waals surface area contributed by atoms with E-state index in [4.69, 9.17) is 0 Å². The highest BCUT2D eigenvalue weighted by atomic mass is 16.1. The van der Waals surface area contributed by atoms with E-state index in [0.717, 1.165) is 11.3 Å². The van der Waals surface area contributed by atoms with Gasteiger partial charge in [0.15, 0.2) is 5.78 Å². The fraction of sp³-hybridized carbons (Fsp3) is 0.526. The molecule has 1 aromatic rings. The second kappa shape index (κ2) is 5.32. The Morgan fingerprint density at radius 2 is 1.76 bits per heavy atom. The van der Waals surface area contributed by atoms with Crippen molar-refractivity contribution in [1.82, 2.24) is 4.90 Å². The maximum Gasteiger partial charge on any atom is 0.167 e. The van der Waals surface area contributed by atoms with E-state index in [2.05, 4.69) is 30.1 Å². The molecular weight excluding hydrogens is 258 g/mol. The van der Waals surface area contributed by atoms with Crippen molar-refractivity contribution in [2.75, 3.05) is 7.05 Å². The van der Waals surface area contributed by atoms with Crippen LogP contribution in [0.1, 0.15) is 57.1 Å². The first-order valence-corrected chi connectivity index (χ1v) is 8.10. The van der Waals surface area contributed by atoms with Crippen LogP contribution in [0.15, 0.2) is 30.3 Å². The highest BCUT2D eigenvalue weighted by Gasteiger charge is 2.36. The Kier molecular flexibility index (Phi) is 3.64. The molecule has 2 heteroatoms. The van der Waals surface area contributed by atoms with Gasteiger partial charge in [0.25, 0.3) is 0 Å². The van der Waals surface area contributed by atoms with E-state index in [1.54, 1.807) is 0 Å². The summed E-state index contributed by atoms with van der Waals surface area (Å²) in [5.74, 6) is 0.221. The van der Waals surface area contributed by atoms with Crippen LogP contribution in [0.4, 0.5) is 0 Å². The minimum atomic E-state index is -0.409. The molecule has 1 fully saturated rings. The standard InChI is InChI=1S/C19H25NO/c1-19(2)16-12-8-7-11-15(16)17(13-18(19)21)20(3)14-9-5-4-6-10-14/h7-8,11-14H,4-6,9-10H2,1-3H3. The largest absolute Gasteiger partial charge is 0.371 e. The number of rotatable bonds is 2. The van der Waals surface area contributed by atoms with Gasteiger partial charge in [0.1, 0.15) is 0 Å². The number of carbonyl (C=O) groups excluding carboxylic acids is 1. The Hall–Kier alpha value is -1.57. The van der Waals surface area contributed by atoms with E-state index in [1.807, 2.05) is 26.0 Å². The lowest BCUT2D eigenvalue weighted by molar-refractivity contribution is -0.118. The normalized spacial score (nSPS) is 21.7. The molecule has 0 radical (unpaired) electrons. The van der Waals surface area contributed by atoms with Crippen LogP contribution < -0.4 is 0 Å². The van der Waals surface area contributed by atoms with Gasteiger partial charge in [0.05, 0.1) is 5.41 Å². The van der Waals surface area contributed by atoms with Gasteiger partial charge in [-0.1, -0.05) is 43.5 Å². The molecule has 0 aromatic heterocycles. The van der Waals surface area contributed by atoms with Crippen LogP contribution in [0.5, 0.6) is 0 Å². The number of fused-ring (bicyclic) bond motifs is 1. The zero-order valence-electron chi connectivity index (χ0n) is 13.4. The molecule has 1 aromatic carbocycles.